The third-order valence-corrected chi connectivity index (χ3v) is 12.1. The number of unbranched alkanes of at least 4 members (excludes halogenated alkanes) is 1. The molecule has 20 heteroatoms. The first-order valence-corrected chi connectivity index (χ1v) is 21.8. The van der Waals surface area contributed by atoms with Crippen molar-refractivity contribution >= 4 is 57.6 Å². The number of carbonyl (C=O) groups is 5. The number of anilines is 1. The van der Waals surface area contributed by atoms with Gasteiger partial charge in [-0.25, -0.2) is 22.4 Å². The van der Waals surface area contributed by atoms with Gasteiger partial charge in [-0.15, -0.1) is 11.8 Å². The van der Waals surface area contributed by atoms with E-state index in [9.17, 15) is 32.4 Å². The van der Waals surface area contributed by atoms with Crippen LogP contribution < -0.4 is 31.5 Å². The van der Waals surface area contributed by atoms with Crippen molar-refractivity contribution in [1.82, 2.24) is 30.9 Å². The SMILES string of the molecule is CNCCSC(CCCCC(=O)NCCOCCOCCOCCOCCNC(=O)CCS(=O)(=O)N1CCC2(CC1)NC(=O)N(c1ccccc1)C2=O)NC=O. The van der Waals surface area contributed by atoms with Crippen LogP contribution in [-0.2, 0) is 48.1 Å². The quantitative estimate of drug-likeness (QED) is 0.0292. The average molecular weight is 830 g/mol. The van der Waals surface area contributed by atoms with Crippen LogP contribution in [0.4, 0.5) is 10.5 Å². The van der Waals surface area contributed by atoms with E-state index in [1.807, 2.05) is 7.05 Å². The number of nitrogens with zero attached hydrogens (tertiary/aromatic N) is 2. The summed E-state index contributed by atoms with van der Waals surface area (Å²) < 4.78 is 49.0. The van der Waals surface area contributed by atoms with E-state index in [4.69, 9.17) is 18.9 Å². The van der Waals surface area contributed by atoms with Crippen LogP contribution in [0.2, 0.25) is 0 Å². The van der Waals surface area contributed by atoms with Gasteiger partial charge in [-0.3, -0.25) is 19.2 Å². The first kappa shape index (κ1) is 47.0. The highest BCUT2D eigenvalue weighted by atomic mass is 32.2. The predicted octanol–water partition coefficient (Wildman–Crippen LogP) is 0.181. The molecule has 0 aromatic heterocycles. The Hall–Kier alpha value is -3.37. The number of piperidine rings is 1. The summed E-state index contributed by atoms with van der Waals surface area (Å²) >= 11 is 1.69. The van der Waals surface area contributed by atoms with Gasteiger partial charge in [0.15, 0.2) is 0 Å². The van der Waals surface area contributed by atoms with Gasteiger partial charge in [0.25, 0.3) is 5.91 Å². The number of hydrogen-bond acceptors (Lipinski definition) is 13. The Bertz CT molecular complexity index is 1450. The number of sulfonamides is 1. The van der Waals surface area contributed by atoms with Gasteiger partial charge in [-0.1, -0.05) is 24.6 Å². The lowest BCUT2D eigenvalue weighted by Crippen LogP contribution is -2.56. The van der Waals surface area contributed by atoms with Gasteiger partial charge in [-0.2, -0.15) is 0 Å². The number of carbonyl (C=O) groups excluding carboxylic acids is 5. The fourth-order valence-electron chi connectivity index (χ4n) is 5.94. The van der Waals surface area contributed by atoms with Crippen LogP contribution in [-0.4, -0.2) is 158 Å². The Labute approximate surface area is 334 Å². The van der Waals surface area contributed by atoms with E-state index in [0.29, 0.717) is 64.9 Å². The van der Waals surface area contributed by atoms with Gasteiger partial charge in [0.05, 0.1) is 69.7 Å². The topological polar surface area (TPSA) is 223 Å². The van der Waals surface area contributed by atoms with E-state index in [-0.39, 0.29) is 62.5 Å². The number of thioether (sulfide) groups is 1. The van der Waals surface area contributed by atoms with E-state index >= 15 is 0 Å². The van der Waals surface area contributed by atoms with Crippen LogP contribution in [0.3, 0.4) is 0 Å². The van der Waals surface area contributed by atoms with Gasteiger partial charge >= 0.3 is 6.03 Å². The lowest BCUT2D eigenvalue weighted by Gasteiger charge is -2.36. The minimum atomic E-state index is -3.75. The predicted molar refractivity (Wildman–Crippen MR) is 212 cm³/mol. The fraction of sp³-hybridized carbons (Fsp3) is 0.694. The zero-order valence-corrected chi connectivity index (χ0v) is 33.9. The molecule has 0 saturated carbocycles. The summed E-state index contributed by atoms with van der Waals surface area (Å²) in [6.07, 6.45) is 3.65. The lowest BCUT2D eigenvalue weighted by atomic mass is 9.88. The van der Waals surface area contributed by atoms with Crippen molar-refractivity contribution in [1.29, 1.82) is 0 Å². The molecule has 6 amide bonds. The van der Waals surface area contributed by atoms with Crippen LogP contribution in [0.1, 0.15) is 44.9 Å². The van der Waals surface area contributed by atoms with Gasteiger partial charge in [0.1, 0.15) is 5.54 Å². The third-order valence-electron chi connectivity index (χ3n) is 9.03. The highest BCUT2D eigenvalue weighted by Gasteiger charge is 2.53. The summed E-state index contributed by atoms with van der Waals surface area (Å²) in [5.74, 6) is -0.293. The molecule has 0 radical (unpaired) electrons. The third kappa shape index (κ3) is 17.0. The fourth-order valence-corrected chi connectivity index (χ4v) is 8.47. The van der Waals surface area contributed by atoms with Gasteiger partial charge in [0.2, 0.25) is 28.2 Å². The molecule has 1 aromatic carbocycles. The van der Waals surface area contributed by atoms with Gasteiger partial charge in [-0.05, 0) is 44.9 Å². The van der Waals surface area contributed by atoms with Crippen LogP contribution in [0.15, 0.2) is 30.3 Å². The second-order valence-corrected chi connectivity index (χ2v) is 16.5. The standard InChI is InChI=1S/C36H59N7O11S2/c1-37-16-27-55-33(40-29-44)10-6-5-9-31(45)38-14-19-51-21-23-53-25-26-54-24-22-52-20-15-39-32(46)11-28-56(49,50)42-17-12-36(13-18-42)34(47)43(35(48)41-36)30-7-3-2-4-8-30/h2-4,7-8,29,33,37H,5-6,9-28H2,1H3,(H,38,45)(H,39,46)(H,40,44)(H,41,48). The summed E-state index contributed by atoms with van der Waals surface area (Å²) in [5, 5.41) is 14.2. The molecule has 2 aliphatic heterocycles. The number of benzene rings is 1. The molecule has 2 saturated heterocycles. The summed E-state index contributed by atoms with van der Waals surface area (Å²) in [5.41, 5.74) is -0.691. The molecule has 56 heavy (non-hydrogen) atoms. The summed E-state index contributed by atoms with van der Waals surface area (Å²) in [6.45, 7) is 4.45. The van der Waals surface area contributed by atoms with Crippen LogP contribution >= 0.6 is 11.8 Å². The number of rotatable bonds is 31. The number of ether oxygens (including phenoxy) is 4. The first-order valence-electron chi connectivity index (χ1n) is 19.1. The van der Waals surface area contributed by atoms with E-state index in [1.54, 1.807) is 42.1 Å². The van der Waals surface area contributed by atoms with E-state index in [2.05, 4.69) is 26.6 Å². The molecule has 1 spiro atoms. The Morgan fingerprint density at radius 1 is 0.857 bits per heavy atom. The number of amides is 6. The molecule has 0 bridgehead atoms. The van der Waals surface area contributed by atoms with E-state index in [1.165, 1.54) is 4.31 Å². The largest absolute Gasteiger partial charge is 0.377 e. The number of para-hydroxylation sites is 1. The number of nitrogens with one attached hydrogen (secondary N) is 5. The molecule has 316 valence electrons. The maximum atomic E-state index is 13.2. The van der Waals surface area contributed by atoms with Crippen LogP contribution in [0.25, 0.3) is 0 Å². The Balaban J connectivity index is 1.09. The summed E-state index contributed by atoms with van der Waals surface area (Å²) in [7, 11) is -1.86. The highest BCUT2D eigenvalue weighted by Crippen LogP contribution is 2.33. The maximum absolute atomic E-state index is 13.2. The van der Waals surface area contributed by atoms with Crippen molar-refractivity contribution < 1.29 is 51.3 Å². The second kappa shape index (κ2) is 26.5. The molecule has 18 nitrogen and oxygen atoms in total. The van der Waals surface area contributed by atoms with Crippen molar-refractivity contribution in [2.75, 3.05) is 109 Å². The molecule has 1 atom stereocenters. The van der Waals surface area contributed by atoms with Crippen LogP contribution in [0, 0.1) is 0 Å². The lowest BCUT2D eigenvalue weighted by molar-refractivity contribution is -0.123. The molecule has 0 aliphatic carbocycles. The monoisotopic (exact) mass is 829 g/mol. The summed E-state index contributed by atoms with van der Waals surface area (Å²) in [4.78, 5) is 62.0. The van der Waals surface area contributed by atoms with Crippen molar-refractivity contribution in [3.05, 3.63) is 30.3 Å². The normalized spacial score (nSPS) is 16.1. The van der Waals surface area contributed by atoms with E-state index in [0.717, 1.165) is 42.9 Å². The summed E-state index contributed by atoms with van der Waals surface area (Å²) in [6, 6.07) is 8.05. The number of hydrogen-bond donors (Lipinski definition) is 5. The molecule has 2 aliphatic rings. The molecule has 5 N–H and O–H groups in total. The minimum absolute atomic E-state index is 0.0222. The van der Waals surface area contributed by atoms with Crippen molar-refractivity contribution in [2.45, 2.75) is 55.9 Å². The molecule has 3 rings (SSSR count). The maximum Gasteiger partial charge on any atom is 0.329 e. The smallest absolute Gasteiger partial charge is 0.329 e. The minimum Gasteiger partial charge on any atom is -0.377 e. The molecule has 2 fully saturated rings. The number of imide groups is 1. The second-order valence-electron chi connectivity index (χ2n) is 13.1. The highest BCUT2D eigenvalue weighted by molar-refractivity contribution is 7.99. The molecular weight excluding hydrogens is 771 g/mol. The molecular formula is C36H59N7O11S2. The molecule has 1 aromatic rings. The molecule has 1 unspecified atom stereocenters. The Kier molecular flexibility index (Phi) is 22.3. The Morgan fingerprint density at radius 3 is 2.00 bits per heavy atom. The zero-order chi connectivity index (χ0) is 40.5. The van der Waals surface area contributed by atoms with Gasteiger partial charge < -0.3 is 45.5 Å². The van der Waals surface area contributed by atoms with E-state index < -0.39 is 33.4 Å². The first-order chi connectivity index (χ1) is 27.1. The molecule has 2 heterocycles. The van der Waals surface area contributed by atoms with Crippen LogP contribution in [0.5, 0.6) is 0 Å². The average Bonchev–Trinajstić information content (AvgIpc) is 3.43. The van der Waals surface area contributed by atoms with Gasteiger partial charge in [0, 0.05) is 51.3 Å². The Morgan fingerprint density at radius 2 is 1.43 bits per heavy atom. The van der Waals surface area contributed by atoms with Crippen molar-refractivity contribution in [2.24, 2.45) is 0 Å². The van der Waals surface area contributed by atoms with Crippen molar-refractivity contribution in [3.8, 4) is 0 Å². The number of urea groups is 1. The zero-order valence-electron chi connectivity index (χ0n) is 32.3. The van der Waals surface area contributed by atoms with Crippen molar-refractivity contribution in [3.63, 3.8) is 0 Å².